The van der Waals surface area contributed by atoms with Gasteiger partial charge in [-0.25, -0.2) is 23.1 Å². The van der Waals surface area contributed by atoms with Crippen molar-refractivity contribution in [2.45, 2.75) is 68.8 Å². The van der Waals surface area contributed by atoms with Crippen LogP contribution >= 0.6 is 11.8 Å². The van der Waals surface area contributed by atoms with E-state index >= 15 is 0 Å². The number of piperidine rings is 1. The topological polar surface area (TPSA) is 122 Å². The van der Waals surface area contributed by atoms with E-state index in [0.29, 0.717) is 48.1 Å². The molecule has 3 heterocycles. The maximum Gasteiger partial charge on any atom is 0.251 e. The van der Waals surface area contributed by atoms with Gasteiger partial charge in [0.15, 0.2) is 10.8 Å². The Balaban J connectivity index is 1.41. The molecular weight excluding hydrogens is 522 g/mol. The molecule has 2 aromatic heterocycles. The lowest BCUT2D eigenvalue weighted by Crippen LogP contribution is -2.35. The van der Waals surface area contributed by atoms with Gasteiger partial charge in [-0.2, -0.15) is 9.40 Å². The number of sulfonamides is 1. The number of hydrogen-bond acceptors (Lipinski definition) is 8. The largest absolute Gasteiger partial charge is 0.369 e. The molecule has 1 aliphatic heterocycles. The van der Waals surface area contributed by atoms with Gasteiger partial charge in [-0.05, 0) is 43.0 Å². The first-order chi connectivity index (χ1) is 18.1. The van der Waals surface area contributed by atoms with Crippen LogP contribution in [0.4, 0.5) is 5.82 Å². The molecule has 0 bridgehead atoms. The first-order valence-electron chi connectivity index (χ1n) is 13.2. The molecule has 3 aromatic rings. The standard InChI is InChI=1S/C26H37N7O3S2/c1-18(2)16-28-23-22-17-29-33(24(22)31-26(30-23)37-19(3)4)15-12-27-25(34)20-8-10-21(11-9-20)38(35,36)32-13-6-5-7-14-32/h8-11,17-19H,5-7,12-16H2,1-4H3,(H,27,34)(H,28,30,31). The summed E-state index contributed by atoms with van der Waals surface area (Å²) in [6.45, 7) is 11.1. The van der Waals surface area contributed by atoms with Gasteiger partial charge in [0.05, 0.1) is 23.0 Å². The second-order valence-corrected chi connectivity index (χ2v) is 13.6. The van der Waals surface area contributed by atoms with Gasteiger partial charge in [0.25, 0.3) is 5.91 Å². The summed E-state index contributed by atoms with van der Waals surface area (Å²) in [6, 6.07) is 6.14. The Morgan fingerprint density at radius 3 is 2.42 bits per heavy atom. The summed E-state index contributed by atoms with van der Waals surface area (Å²) in [4.78, 5) is 22.4. The van der Waals surface area contributed by atoms with Crippen LogP contribution in [0.3, 0.4) is 0 Å². The second kappa shape index (κ2) is 12.4. The molecule has 4 rings (SSSR count). The van der Waals surface area contributed by atoms with E-state index in [4.69, 9.17) is 9.97 Å². The zero-order valence-electron chi connectivity index (χ0n) is 22.5. The van der Waals surface area contributed by atoms with E-state index in [-0.39, 0.29) is 10.8 Å². The molecule has 1 aliphatic rings. The number of nitrogens with one attached hydrogen (secondary N) is 2. The molecule has 0 saturated carbocycles. The maximum atomic E-state index is 12.9. The Bertz CT molecular complexity index is 1350. The summed E-state index contributed by atoms with van der Waals surface area (Å²) in [5, 5.41) is 12.7. The lowest BCUT2D eigenvalue weighted by Gasteiger charge is -2.25. The molecule has 38 heavy (non-hydrogen) atoms. The predicted molar refractivity (Wildman–Crippen MR) is 151 cm³/mol. The van der Waals surface area contributed by atoms with Crippen molar-refractivity contribution in [2.75, 3.05) is 31.5 Å². The number of anilines is 1. The molecule has 1 fully saturated rings. The molecule has 2 N–H and O–H groups in total. The van der Waals surface area contributed by atoms with Crippen LogP contribution in [0.15, 0.2) is 40.5 Å². The van der Waals surface area contributed by atoms with Gasteiger partial charge < -0.3 is 10.6 Å². The molecule has 1 saturated heterocycles. The summed E-state index contributed by atoms with van der Waals surface area (Å²) in [6.07, 6.45) is 4.57. The monoisotopic (exact) mass is 559 g/mol. The van der Waals surface area contributed by atoms with E-state index in [2.05, 4.69) is 43.4 Å². The van der Waals surface area contributed by atoms with Gasteiger partial charge in [0, 0.05) is 37.0 Å². The van der Waals surface area contributed by atoms with E-state index < -0.39 is 10.0 Å². The van der Waals surface area contributed by atoms with Gasteiger partial charge in [0.1, 0.15) is 5.82 Å². The zero-order valence-corrected chi connectivity index (χ0v) is 24.1. The molecular formula is C26H37N7O3S2. The smallest absolute Gasteiger partial charge is 0.251 e. The van der Waals surface area contributed by atoms with Crippen LogP contribution in [0.5, 0.6) is 0 Å². The highest BCUT2D eigenvalue weighted by Gasteiger charge is 2.26. The van der Waals surface area contributed by atoms with Crippen molar-refractivity contribution in [2.24, 2.45) is 5.92 Å². The molecule has 0 aliphatic carbocycles. The number of hydrogen-bond donors (Lipinski definition) is 2. The van der Waals surface area contributed by atoms with Gasteiger partial charge in [-0.15, -0.1) is 0 Å². The Morgan fingerprint density at radius 2 is 1.76 bits per heavy atom. The van der Waals surface area contributed by atoms with Crippen molar-refractivity contribution in [3.63, 3.8) is 0 Å². The number of nitrogens with zero attached hydrogens (tertiary/aromatic N) is 5. The Labute approximate surface area is 229 Å². The van der Waals surface area contributed by atoms with E-state index in [1.165, 1.54) is 16.4 Å². The van der Waals surface area contributed by atoms with Crippen LogP contribution in [0.25, 0.3) is 11.0 Å². The lowest BCUT2D eigenvalue weighted by atomic mass is 10.2. The molecule has 10 nitrogen and oxygen atoms in total. The number of amides is 1. The van der Waals surface area contributed by atoms with Crippen LogP contribution in [0.1, 0.15) is 57.3 Å². The maximum absolute atomic E-state index is 12.9. The highest BCUT2D eigenvalue weighted by Crippen LogP contribution is 2.27. The fraction of sp³-hybridized carbons (Fsp3) is 0.538. The highest BCUT2D eigenvalue weighted by atomic mass is 32.2. The van der Waals surface area contributed by atoms with Crippen molar-refractivity contribution in [1.29, 1.82) is 0 Å². The van der Waals surface area contributed by atoms with Crippen LogP contribution < -0.4 is 10.6 Å². The summed E-state index contributed by atoms with van der Waals surface area (Å²) in [5.74, 6) is 0.959. The third-order valence-electron chi connectivity index (χ3n) is 6.17. The number of benzene rings is 1. The predicted octanol–water partition coefficient (Wildman–Crippen LogP) is 4.00. The molecule has 0 atom stereocenters. The van der Waals surface area contributed by atoms with E-state index in [1.807, 2.05) is 0 Å². The van der Waals surface area contributed by atoms with Gasteiger partial charge in [-0.1, -0.05) is 45.9 Å². The number of carbonyl (C=O) groups is 1. The van der Waals surface area contributed by atoms with Crippen molar-refractivity contribution in [1.82, 2.24) is 29.4 Å². The van der Waals surface area contributed by atoms with Crippen molar-refractivity contribution in [3.8, 4) is 0 Å². The van der Waals surface area contributed by atoms with E-state index in [1.54, 1.807) is 34.8 Å². The average molecular weight is 560 g/mol. The average Bonchev–Trinajstić information content (AvgIpc) is 3.30. The van der Waals surface area contributed by atoms with Gasteiger partial charge in [0.2, 0.25) is 10.0 Å². The minimum absolute atomic E-state index is 0.218. The molecule has 206 valence electrons. The molecule has 0 unspecified atom stereocenters. The molecule has 1 amide bonds. The fourth-order valence-electron chi connectivity index (χ4n) is 4.21. The van der Waals surface area contributed by atoms with Crippen LogP contribution in [-0.4, -0.2) is 69.8 Å². The van der Waals surface area contributed by atoms with E-state index in [0.717, 1.165) is 42.7 Å². The number of aromatic nitrogens is 4. The minimum Gasteiger partial charge on any atom is -0.369 e. The number of thioether (sulfide) groups is 1. The molecule has 1 aromatic carbocycles. The Hall–Kier alpha value is -2.70. The first-order valence-corrected chi connectivity index (χ1v) is 15.5. The zero-order chi connectivity index (χ0) is 27.3. The van der Waals surface area contributed by atoms with Crippen LogP contribution in [0.2, 0.25) is 0 Å². The van der Waals surface area contributed by atoms with E-state index in [9.17, 15) is 13.2 Å². The van der Waals surface area contributed by atoms with Gasteiger partial charge in [-0.3, -0.25) is 4.79 Å². The summed E-state index contributed by atoms with van der Waals surface area (Å²) in [7, 11) is -3.52. The number of fused-ring (bicyclic) bond motifs is 1. The lowest BCUT2D eigenvalue weighted by molar-refractivity contribution is 0.0952. The summed E-state index contributed by atoms with van der Waals surface area (Å²) in [5.41, 5.74) is 1.13. The van der Waals surface area contributed by atoms with Crippen molar-refractivity contribution in [3.05, 3.63) is 36.0 Å². The summed E-state index contributed by atoms with van der Waals surface area (Å²) < 4.78 is 29.0. The molecule has 0 radical (unpaired) electrons. The third kappa shape index (κ3) is 6.83. The minimum atomic E-state index is -3.52. The van der Waals surface area contributed by atoms with Gasteiger partial charge >= 0.3 is 0 Å². The SMILES string of the molecule is CC(C)CNc1nc(SC(C)C)nc2c1cnn2CCNC(=O)c1ccc(S(=O)(=O)N2CCCCC2)cc1. The quantitative estimate of drug-likeness (QED) is 0.267. The summed E-state index contributed by atoms with van der Waals surface area (Å²) >= 11 is 1.59. The van der Waals surface area contributed by atoms with Crippen molar-refractivity contribution >= 4 is 44.5 Å². The van der Waals surface area contributed by atoms with Crippen molar-refractivity contribution < 1.29 is 13.2 Å². The highest BCUT2D eigenvalue weighted by molar-refractivity contribution is 7.99. The Kier molecular flexibility index (Phi) is 9.27. The fourth-order valence-corrected chi connectivity index (χ4v) is 6.43. The first kappa shape index (κ1) is 28.3. The van der Waals surface area contributed by atoms with Crippen LogP contribution in [0, 0.1) is 5.92 Å². The normalized spacial score (nSPS) is 14.9. The number of carbonyl (C=O) groups excluding carboxylic acids is 1. The third-order valence-corrected chi connectivity index (χ3v) is 8.95. The second-order valence-electron chi connectivity index (χ2n) is 10.1. The van der Waals surface area contributed by atoms with Crippen LogP contribution in [-0.2, 0) is 16.6 Å². The molecule has 12 heteroatoms. The number of rotatable bonds is 11. The molecule has 0 spiro atoms. The Morgan fingerprint density at radius 1 is 1.05 bits per heavy atom.